The van der Waals surface area contributed by atoms with Crippen LogP contribution in [0.2, 0.25) is 0 Å². The van der Waals surface area contributed by atoms with E-state index in [1.54, 1.807) is 30.1 Å². The predicted octanol–water partition coefficient (Wildman–Crippen LogP) is 4.76. The molecule has 1 heterocycles. The fourth-order valence-electron chi connectivity index (χ4n) is 3.13. The Hall–Kier alpha value is -3.84. The number of thiazole rings is 1. The van der Waals surface area contributed by atoms with E-state index in [1.807, 2.05) is 35.7 Å². The van der Waals surface area contributed by atoms with Gasteiger partial charge < -0.3 is 14.9 Å². The fraction of sp³-hybridized carbons (Fsp3) is 0.0833. The van der Waals surface area contributed by atoms with Gasteiger partial charge in [-0.05, 0) is 41.1 Å². The maximum absolute atomic E-state index is 10.1. The van der Waals surface area contributed by atoms with Crippen LogP contribution in [0.5, 0.6) is 17.2 Å². The summed E-state index contributed by atoms with van der Waals surface area (Å²) < 4.78 is 7.05. The van der Waals surface area contributed by atoms with Gasteiger partial charge in [-0.2, -0.15) is 5.10 Å². The molecule has 0 radical (unpaired) electrons. The van der Waals surface area contributed by atoms with E-state index in [1.165, 1.54) is 23.5 Å². The van der Waals surface area contributed by atoms with Crippen molar-refractivity contribution in [2.45, 2.75) is 0 Å². The topological polar surface area (TPSA) is 79.3 Å². The monoisotopic (exact) mass is 431 g/mol. The highest BCUT2D eigenvalue weighted by atomic mass is 32.1. The summed E-state index contributed by atoms with van der Waals surface area (Å²) in [6.07, 6.45) is 3.27. The third kappa shape index (κ3) is 4.36. The molecular weight excluding hydrogens is 410 g/mol. The first-order valence-electron chi connectivity index (χ1n) is 9.55. The molecule has 0 saturated heterocycles. The Balaban J connectivity index is 1.81. The number of hydrogen-bond donors (Lipinski definition) is 2. The molecule has 6 nitrogen and oxygen atoms in total. The van der Waals surface area contributed by atoms with Gasteiger partial charge in [-0.3, -0.25) is 4.99 Å². The summed E-state index contributed by atoms with van der Waals surface area (Å²) in [5.41, 5.74) is 2.35. The molecule has 0 spiro atoms. The summed E-state index contributed by atoms with van der Waals surface area (Å²) >= 11 is 1.48. The number of nitrogens with zero attached hydrogens (tertiary/aromatic N) is 3. The molecule has 0 unspecified atom stereocenters. The molecule has 0 atom stereocenters. The second kappa shape index (κ2) is 8.89. The molecule has 156 valence electrons. The van der Waals surface area contributed by atoms with Crippen LogP contribution in [0.4, 0.5) is 0 Å². The van der Waals surface area contributed by atoms with Crippen molar-refractivity contribution in [1.29, 1.82) is 0 Å². The number of fused-ring (bicyclic) bond motifs is 1. The van der Waals surface area contributed by atoms with Crippen molar-refractivity contribution in [2.75, 3.05) is 13.7 Å². The lowest BCUT2D eigenvalue weighted by Gasteiger charge is -2.07. The minimum atomic E-state index is -0.0506. The number of methoxy groups -OCH3 is 1. The van der Waals surface area contributed by atoms with E-state index >= 15 is 0 Å². The number of ether oxygens (including phenoxy) is 1. The highest BCUT2D eigenvalue weighted by Gasteiger charge is 2.09. The van der Waals surface area contributed by atoms with Gasteiger partial charge in [0.1, 0.15) is 17.2 Å². The predicted molar refractivity (Wildman–Crippen MR) is 125 cm³/mol. The van der Waals surface area contributed by atoms with Crippen molar-refractivity contribution in [3.63, 3.8) is 0 Å². The average molecular weight is 432 g/mol. The SMILES string of the molecule is C=CCN=c1scc(-c2ccc3cc(OC)ccc3c2)n1N=Cc1ccc(O)cc1O. The molecule has 0 bridgehead atoms. The van der Waals surface area contributed by atoms with Crippen molar-refractivity contribution in [1.82, 2.24) is 4.68 Å². The van der Waals surface area contributed by atoms with E-state index in [-0.39, 0.29) is 11.5 Å². The van der Waals surface area contributed by atoms with Gasteiger partial charge in [0.15, 0.2) is 0 Å². The number of aromatic nitrogens is 1. The lowest BCUT2D eigenvalue weighted by Crippen LogP contribution is -2.12. The minimum absolute atomic E-state index is 0.00649. The van der Waals surface area contributed by atoms with Crippen LogP contribution in [0, 0.1) is 0 Å². The van der Waals surface area contributed by atoms with Gasteiger partial charge >= 0.3 is 0 Å². The largest absolute Gasteiger partial charge is 0.508 e. The minimum Gasteiger partial charge on any atom is -0.508 e. The molecule has 0 amide bonds. The molecule has 0 aliphatic heterocycles. The Kier molecular flexibility index (Phi) is 5.86. The van der Waals surface area contributed by atoms with Gasteiger partial charge in [0.05, 0.1) is 25.6 Å². The molecular formula is C24H21N3O3S. The van der Waals surface area contributed by atoms with Crippen LogP contribution >= 0.6 is 11.3 Å². The summed E-state index contributed by atoms with van der Waals surface area (Å²) in [5, 5.41) is 28.3. The standard InChI is InChI=1S/C24H21N3O3S/c1-3-10-25-24-27(26-14-19-6-8-20(28)13-23(19)29)22(15-31-24)18-5-4-17-12-21(30-2)9-7-16(17)11-18/h3-9,11-15,28-29H,1,10H2,2H3. The van der Waals surface area contributed by atoms with Crippen molar-refractivity contribution >= 4 is 28.3 Å². The third-order valence-electron chi connectivity index (χ3n) is 4.71. The normalized spacial score (nSPS) is 12.0. The van der Waals surface area contributed by atoms with E-state index < -0.39 is 0 Å². The Morgan fingerprint density at radius 1 is 1.06 bits per heavy atom. The van der Waals surface area contributed by atoms with E-state index in [0.29, 0.717) is 16.9 Å². The molecule has 4 rings (SSSR count). The molecule has 0 saturated carbocycles. The number of phenols is 2. The Labute approximate surface area is 183 Å². The third-order valence-corrected chi connectivity index (χ3v) is 5.56. The number of benzene rings is 3. The lowest BCUT2D eigenvalue weighted by molar-refractivity contribution is 0.415. The molecule has 4 aromatic rings. The van der Waals surface area contributed by atoms with Crippen LogP contribution in [-0.2, 0) is 0 Å². The van der Waals surface area contributed by atoms with Crippen molar-refractivity contribution < 1.29 is 14.9 Å². The highest BCUT2D eigenvalue weighted by Crippen LogP contribution is 2.28. The zero-order chi connectivity index (χ0) is 21.8. The second-order valence-corrected chi connectivity index (χ2v) is 7.60. The summed E-state index contributed by atoms with van der Waals surface area (Å²) in [7, 11) is 1.65. The molecule has 31 heavy (non-hydrogen) atoms. The molecule has 7 heteroatoms. The van der Waals surface area contributed by atoms with Crippen molar-refractivity contribution in [2.24, 2.45) is 10.1 Å². The summed E-state index contributed by atoms with van der Waals surface area (Å²) in [6.45, 7) is 4.20. The lowest BCUT2D eigenvalue weighted by atomic mass is 10.1. The number of aromatic hydroxyl groups is 2. The molecule has 0 fully saturated rings. The van der Waals surface area contributed by atoms with Crippen LogP contribution in [0.1, 0.15) is 5.56 Å². The van der Waals surface area contributed by atoms with Crippen molar-refractivity contribution in [3.05, 3.63) is 83.0 Å². The summed E-state index contributed by atoms with van der Waals surface area (Å²) in [5.74, 6) is 0.757. The van der Waals surface area contributed by atoms with E-state index in [2.05, 4.69) is 22.7 Å². The van der Waals surface area contributed by atoms with Gasteiger partial charge in [-0.25, -0.2) is 4.68 Å². The highest BCUT2D eigenvalue weighted by molar-refractivity contribution is 7.07. The van der Waals surface area contributed by atoms with Crippen LogP contribution < -0.4 is 9.54 Å². The Morgan fingerprint density at radius 2 is 1.87 bits per heavy atom. The van der Waals surface area contributed by atoms with E-state index in [0.717, 1.165) is 27.8 Å². The first kappa shape index (κ1) is 20.4. The van der Waals surface area contributed by atoms with Gasteiger partial charge in [-0.15, -0.1) is 17.9 Å². The molecule has 3 aromatic carbocycles. The van der Waals surface area contributed by atoms with Crippen LogP contribution in [-0.4, -0.2) is 34.8 Å². The Bertz CT molecular complexity index is 1350. The van der Waals surface area contributed by atoms with E-state index in [4.69, 9.17) is 4.74 Å². The quantitative estimate of drug-likeness (QED) is 0.341. The van der Waals surface area contributed by atoms with Gasteiger partial charge in [0.25, 0.3) is 0 Å². The fourth-order valence-corrected chi connectivity index (χ4v) is 3.98. The molecule has 0 aliphatic carbocycles. The maximum atomic E-state index is 10.1. The average Bonchev–Trinajstić information content (AvgIpc) is 3.19. The Morgan fingerprint density at radius 3 is 2.65 bits per heavy atom. The summed E-state index contributed by atoms with van der Waals surface area (Å²) in [4.78, 5) is 5.24. The van der Waals surface area contributed by atoms with Crippen LogP contribution in [0.15, 0.2) is 82.7 Å². The maximum Gasteiger partial charge on any atom is 0.206 e. The van der Waals surface area contributed by atoms with Gasteiger partial charge in [0.2, 0.25) is 4.80 Å². The number of rotatable bonds is 6. The van der Waals surface area contributed by atoms with Crippen molar-refractivity contribution in [3.8, 4) is 28.5 Å². The van der Waals surface area contributed by atoms with Gasteiger partial charge in [0, 0.05) is 22.6 Å². The van der Waals surface area contributed by atoms with E-state index in [9.17, 15) is 10.2 Å². The van der Waals surface area contributed by atoms with Crippen LogP contribution in [0.3, 0.4) is 0 Å². The summed E-state index contributed by atoms with van der Waals surface area (Å²) in [6, 6.07) is 16.5. The van der Waals surface area contributed by atoms with Gasteiger partial charge in [-0.1, -0.05) is 24.3 Å². The number of hydrogen-bond acceptors (Lipinski definition) is 6. The molecule has 2 N–H and O–H groups in total. The van der Waals surface area contributed by atoms with Crippen LogP contribution in [0.25, 0.3) is 22.0 Å². The smallest absolute Gasteiger partial charge is 0.206 e. The molecule has 1 aromatic heterocycles. The zero-order valence-corrected chi connectivity index (χ0v) is 17.7. The molecule has 0 aliphatic rings. The first-order chi connectivity index (χ1) is 15.1. The zero-order valence-electron chi connectivity index (χ0n) is 16.9. The number of phenolic OH excluding ortho intramolecular Hbond substituents is 2. The first-order valence-corrected chi connectivity index (χ1v) is 10.4. The second-order valence-electron chi connectivity index (χ2n) is 6.76.